The lowest BCUT2D eigenvalue weighted by Crippen LogP contribution is -2.44. The summed E-state index contributed by atoms with van der Waals surface area (Å²) in [6.07, 6.45) is 2.83. The molecule has 7 N–H and O–H groups in total. The van der Waals surface area contributed by atoms with Crippen molar-refractivity contribution in [1.82, 2.24) is 10.6 Å². The molecule has 412 valence electrons. The molecule has 0 heterocycles. The number of amides is 3. The van der Waals surface area contributed by atoms with E-state index in [9.17, 15) is 52.9 Å². The predicted octanol–water partition coefficient (Wildman–Crippen LogP) is 12.1. The van der Waals surface area contributed by atoms with E-state index >= 15 is 0 Å². The third-order valence-electron chi connectivity index (χ3n) is 12.9. The van der Waals surface area contributed by atoms with E-state index < -0.39 is 59.2 Å². The number of hydrogen-bond acceptors (Lipinski definition) is 7. The zero-order valence-corrected chi connectivity index (χ0v) is 44.4. The number of carbonyl (C=O) groups is 6. The molecule has 0 aliphatic heterocycles. The first kappa shape index (κ1) is 59.7. The van der Waals surface area contributed by atoms with Gasteiger partial charge in [-0.25, -0.2) is 18.4 Å². The highest BCUT2D eigenvalue weighted by Gasteiger charge is 2.25. The van der Waals surface area contributed by atoms with Crippen molar-refractivity contribution in [1.29, 1.82) is 0 Å². The van der Waals surface area contributed by atoms with Gasteiger partial charge in [0, 0.05) is 42.1 Å². The quantitative estimate of drug-likeness (QED) is 0.0383. The van der Waals surface area contributed by atoms with Crippen LogP contribution in [0.3, 0.4) is 0 Å². The molecule has 8 aromatic carbocycles. The average molecular weight is 1080 g/mol. The number of phenolic OH excluding ortho intramolecular Hbond substituents is 1. The molecule has 8 rings (SSSR count). The van der Waals surface area contributed by atoms with E-state index in [1.807, 2.05) is 121 Å². The van der Waals surface area contributed by atoms with Crippen LogP contribution in [0.15, 0.2) is 188 Å². The number of rotatable bonds is 20. The number of aromatic hydroxyl groups is 1. The zero-order valence-electron chi connectivity index (χ0n) is 44.4. The van der Waals surface area contributed by atoms with Gasteiger partial charge in [-0.1, -0.05) is 147 Å². The van der Waals surface area contributed by atoms with E-state index in [-0.39, 0.29) is 47.8 Å². The maximum Gasteiger partial charge on any atom is 0.326 e. The molecule has 13 nitrogen and oxygen atoms in total. The smallest absolute Gasteiger partial charge is 0.326 e. The molecular formula is C65H63F2N3O10. The van der Waals surface area contributed by atoms with E-state index in [2.05, 4.69) is 29.8 Å². The van der Waals surface area contributed by atoms with Crippen molar-refractivity contribution >= 4 is 52.1 Å². The Morgan fingerprint density at radius 2 is 1.09 bits per heavy atom. The summed E-state index contributed by atoms with van der Waals surface area (Å²) >= 11 is 0. The van der Waals surface area contributed by atoms with E-state index in [0.29, 0.717) is 30.4 Å². The van der Waals surface area contributed by atoms with Gasteiger partial charge in [0.25, 0.3) is 11.8 Å². The Kier molecular flexibility index (Phi) is 21.9. The SMILES string of the molecule is CC(C)Cc1ccc(C(C)C(=O)NC(Cc2ccccc2)C(=O)O)cc1.O=C(NC(Cc1ccccc1)C(=O)O)c1ccc(-c2ccc(F)cc2F)cc1O.O=C(O)CCCc1ccc(NC(=O)c2ccc3ccccc3c2)cc1. The van der Waals surface area contributed by atoms with Crippen molar-refractivity contribution < 1.29 is 58.0 Å². The number of nitrogens with one attached hydrogen (secondary N) is 3. The fraction of sp³-hybridized carbons (Fsp3) is 0.200. The molecule has 0 aliphatic rings. The van der Waals surface area contributed by atoms with Gasteiger partial charge in [0.1, 0.15) is 29.5 Å². The van der Waals surface area contributed by atoms with Crippen LogP contribution in [-0.4, -0.2) is 68.1 Å². The molecule has 0 bridgehead atoms. The molecule has 0 fully saturated rings. The van der Waals surface area contributed by atoms with Gasteiger partial charge in [-0.05, 0) is 125 Å². The van der Waals surface area contributed by atoms with Crippen LogP contribution in [-0.2, 0) is 44.9 Å². The van der Waals surface area contributed by atoms with Gasteiger partial charge >= 0.3 is 17.9 Å². The summed E-state index contributed by atoms with van der Waals surface area (Å²) in [5.74, 6) is -6.04. The second kappa shape index (κ2) is 29.3. The number of aliphatic carboxylic acids is 3. The van der Waals surface area contributed by atoms with Gasteiger partial charge in [-0.2, -0.15) is 0 Å². The lowest BCUT2D eigenvalue weighted by Gasteiger charge is -2.18. The lowest BCUT2D eigenvalue weighted by atomic mass is 9.95. The Hall–Kier alpha value is -9.50. The first-order valence-corrected chi connectivity index (χ1v) is 26.0. The standard InChI is InChI=1S/C22H17F2NO4.C22H27NO3.C21H19NO3/c23-15-7-9-16(18(24)12-15)14-6-8-17(20(26)11-14)21(27)25-19(22(28)29)10-13-4-2-1-3-5-13;1-15(2)13-18-9-11-19(12-10-18)16(3)21(24)23-20(22(25)26)14-17-7-5-4-6-8-17;23-20(24)7-3-4-15-8-12-19(13-9-15)22-21(25)18-11-10-16-5-1-2-6-17(16)14-18/h1-9,11-12,19,26H,10H2,(H,25,27)(H,28,29);4-12,15-16,20H,13-14H2,1-3H3,(H,23,24)(H,25,26);1-2,5-6,8-14H,3-4,7H2,(H,22,25)(H,23,24). The number of halogens is 2. The summed E-state index contributed by atoms with van der Waals surface area (Å²) in [6, 6.07) is 51.9. The topological polar surface area (TPSA) is 219 Å². The highest BCUT2D eigenvalue weighted by molar-refractivity contribution is 6.06. The fourth-order valence-electron chi connectivity index (χ4n) is 8.54. The number of phenols is 1. The van der Waals surface area contributed by atoms with Gasteiger partial charge in [0.15, 0.2) is 0 Å². The maximum atomic E-state index is 13.9. The van der Waals surface area contributed by atoms with Crippen LogP contribution in [0.25, 0.3) is 21.9 Å². The second-order valence-electron chi connectivity index (χ2n) is 19.5. The molecule has 0 aromatic heterocycles. The minimum absolute atomic E-state index is 0.0566. The van der Waals surface area contributed by atoms with E-state index in [0.717, 1.165) is 57.3 Å². The van der Waals surface area contributed by atoms with Crippen LogP contribution in [0, 0.1) is 17.6 Å². The van der Waals surface area contributed by atoms with Crippen LogP contribution < -0.4 is 16.0 Å². The van der Waals surface area contributed by atoms with Crippen LogP contribution in [0.5, 0.6) is 5.75 Å². The number of carboxylic acids is 3. The van der Waals surface area contributed by atoms with Crippen molar-refractivity contribution in [2.45, 2.75) is 77.3 Å². The van der Waals surface area contributed by atoms with Crippen LogP contribution in [0.4, 0.5) is 14.5 Å². The summed E-state index contributed by atoms with van der Waals surface area (Å²) in [4.78, 5) is 71.0. The predicted molar refractivity (Wildman–Crippen MR) is 305 cm³/mol. The Balaban J connectivity index is 0.000000194. The Morgan fingerprint density at radius 1 is 0.525 bits per heavy atom. The Morgan fingerprint density at radius 3 is 1.65 bits per heavy atom. The van der Waals surface area contributed by atoms with Crippen LogP contribution in [0.2, 0.25) is 0 Å². The summed E-state index contributed by atoms with van der Waals surface area (Å²) in [5.41, 5.74) is 6.28. The third-order valence-corrected chi connectivity index (χ3v) is 12.9. The highest BCUT2D eigenvalue weighted by Crippen LogP contribution is 2.29. The molecule has 8 aromatic rings. The van der Waals surface area contributed by atoms with Gasteiger partial charge in [0.05, 0.1) is 11.5 Å². The molecule has 3 unspecified atom stereocenters. The first-order valence-electron chi connectivity index (χ1n) is 26.0. The molecule has 0 radical (unpaired) electrons. The van der Waals surface area contributed by atoms with E-state index in [1.165, 1.54) is 23.8 Å². The van der Waals surface area contributed by atoms with E-state index in [4.69, 9.17) is 5.11 Å². The molecule has 15 heteroatoms. The normalized spacial score (nSPS) is 11.8. The van der Waals surface area contributed by atoms with Crippen molar-refractivity contribution in [2.24, 2.45) is 5.92 Å². The summed E-state index contributed by atoms with van der Waals surface area (Å²) in [6.45, 7) is 6.14. The molecule has 3 amide bonds. The molecule has 0 saturated carbocycles. The fourth-order valence-corrected chi connectivity index (χ4v) is 8.54. The summed E-state index contributed by atoms with van der Waals surface area (Å²) in [5, 5.41) is 47.8. The molecule has 3 atom stereocenters. The lowest BCUT2D eigenvalue weighted by molar-refractivity contribution is -0.142. The van der Waals surface area contributed by atoms with Gasteiger partial charge in [0.2, 0.25) is 5.91 Å². The van der Waals surface area contributed by atoms with Crippen molar-refractivity contribution in [3.8, 4) is 16.9 Å². The third kappa shape index (κ3) is 18.3. The van der Waals surface area contributed by atoms with Crippen molar-refractivity contribution in [3.05, 3.63) is 239 Å². The van der Waals surface area contributed by atoms with E-state index in [1.54, 1.807) is 37.3 Å². The number of anilines is 1. The number of carbonyl (C=O) groups excluding carboxylic acids is 3. The molecule has 0 spiro atoms. The average Bonchev–Trinajstić information content (AvgIpc) is 3.47. The summed E-state index contributed by atoms with van der Waals surface area (Å²) in [7, 11) is 0. The van der Waals surface area contributed by atoms with Gasteiger partial charge < -0.3 is 36.4 Å². The van der Waals surface area contributed by atoms with Crippen LogP contribution >= 0.6 is 0 Å². The largest absolute Gasteiger partial charge is 0.507 e. The Labute approximate surface area is 463 Å². The Bertz CT molecular complexity index is 3390. The molecular weight excluding hydrogens is 1020 g/mol. The number of fused-ring (bicyclic) bond motifs is 1. The zero-order chi connectivity index (χ0) is 57.7. The van der Waals surface area contributed by atoms with Gasteiger partial charge in [-0.3, -0.25) is 19.2 Å². The monoisotopic (exact) mass is 1080 g/mol. The highest BCUT2D eigenvalue weighted by atomic mass is 19.1. The second-order valence-corrected chi connectivity index (χ2v) is 19.5. The molecule has 80 heavy (non-hydrogen) atoms. The number of carboxylic acid groups (broad SMARTS) is 3. The number of hydrogen-bond donors (Lipinski definition) is 7. The molecule has 0 saturated heterocycles. The minimum Gasteiger partial charge on any atom is -0.507 e. The first-order chi connectivity index (χ1) is 38.3. The van der Waals surface area contributed by atoms with Crippen molar-refractivity contribution in [2.75, 3.05) is 5.32 Å². The van der Waals surface area contributed by atoms with Gasteiger partial charge in [-0.15, -0.1) is 0 Å². The van der Waals surface area contributed by atoms with Crippen molar-refractivity contribution in [3.63, 3.8) is 0 Å². The molecule has 0 aliphatic carbocycles. The minimum atomic E-state index is -1.22. The number of benzene rings is 8. The number of aryl methyl sites for hydroxylation is 1. The summed E-state index contributed by atoms with van der Waals surface area (Å²) < 4.78 is 27.0. The van der Waals surface area contributed by atoms with Crippen LogP contribution in [0.1, 0.15) is 88.1 Å². The maximum absolute atomic E-state index is 13.9.